The zero-order chi connectivity index (χ0) is 21.4. The van der Waals surface area contributed by atoms with Crippen LogP contribution in [-0.4, -0.2) is 11.8 Å². The zero-order valence-electron chi connectivity index (χ0n) is 18.3. The Balaban J connectivity index is 1.78. The van der Waals surface area contributed by atoms with E-state index in [2.05, 4.69) is 39.0 Å². The molecule has 0 heterocycles. The number of fused-ring (bicyclic) bond motifs is 1. The molecule has 0 radical (unpaired) electrons. The van der Waals surface area contributed by atoms with E-state index in [1.807, 2.05) is 0 Å². The average molecular weight is 399 g/mol. The number of carbonyl (C=O) groups excluding carboxylic acids is 1. The quantitative estimate of drug-likeness (QED) is 0.417. The maximum atomic E-state index is 14.2. The van der Waals surface area contributed by atoms with Gasteiger partial charge in [-0.15, -0.1) is 0 Å². The zero-order valence-corrected chi connectivity index (χ0v) is 18.3. The summed E-state index contributed by atoms with van der Waals surface area (Å²) >= 11 is 0. The van der Waals surface area contributed by atoms with Crippen molar-refractivity contribution in [2.24, 2.45) is 0 Å². The number of hydrogen-bond donors (Lipinski definition) is 0. The largest absolute Gasteiger partial charge is 0.514 e. The highest BCUT2D eigenvalue weighted by Gasteiger charge is 2.24. The first-order valence-corrected chi connectivity index (χ1v) is 10.2. The van der Waals surface area contributed by atoms with Gasteiger partial charge >= 0.3 is 6.16 Å². The van der Waals surface area contributed by atoms with Gasteiger partial charge in [0.25, 0.3) is 0 Å². The SMILES string of the molecule is CC(C)(C)OC(=O)Oc1cc([C@@H]2CCc3cc(C(C)(C)C)ccc3C2)ccc1F. The van der Waals surface area contributed by atoms with Crippen LogP contribution in [0.3, 0.4) is 0 Å². The second-order valence-corrected chi connectivity index (χ2v) is 9.93. The Hall–Kier alpha value is -2.36. The molecule has 1 atom stereocenters. The molecule has 0 bridgehead atoms. The number of ether oxygens (including phenoxy) is 2. The third-order valence-electron chi connectivity index (χ3n) is 5.31. The molecule has 0 spiro atoms. The minimum atomic E-state index is -0.891. The van der Waals surface area contributed by atoms with E-state index in [0.29, 0.717) is 0 Å². The van der Waals surface area contributed by atoms with E-state index in [-0.39, 0.29) is 17.1 Å². The topological polar surface area (TPSA) is 35.5 Å². The Morgan fingerprint density at radius 1 is 1.00 bits per heavy atom. The normalized spacial score (nSPS) is 16.9. The summed E-state index contributed by atoms with van der Waals surface area (Å²) in [5.74, 6) is -0.374. The number of aryl methyl sites for hydroxylation is 1. The summed E-state index contributed by atoms with van der Waals surface area (Å²) < 4.78 is 24.5. The van der Waals surface area contributed by atoms with Crippen LogP contribution in [-0.2, 0) is 23.0 Å². The predicted molar refractivity (Wildman–Crippen MR) is 113 cm³/mol. The number of hydrogen-bond acceptors (Lipinski definition) is 3. The predicted octanol–water partition coefficient (Wildman–Crippen LogP) is 6.71. The fraction of sp³-hybridized carbons (Fsp3) is 0.480. The second-order valence-electron chi connectivity index (χ2n) is 9.93. The van der Waals surface area contributed by atoms with Crippen molar-refractivity contribution in [1.82, 2.24) is 0 Å². The van der Waals surface area contributed by atoms with Gasteiger partial charge in [-0.05, 0) is 85.8 Å². The fourth-order valence-corrected chi connectivity index (χ4v) is 3.72. The van der Waals surface area contributed by atoms with Gasteiger partial charge in [0.05, 0.1) is 0 Å². The molecule has 0 amide bonds. The minimum Gasteiger partial charge on any atom is -0.428 e. The summed E-state index contributed by atoms with van der Waals surface area (Å²) in [4.78, 5) is 11.9. The summed E-state index contributed by atoms with van der Waals surface area (Å²) in [5, 5.41) is 0. The van der Waals surface area contributed by atoms with Crippen LogP contribution < -0.4 is 4.74 Å². The highest BCUT2D eigenvalue weighted by molar-refractivity contribution is 5.64. The van der Waals surface area contributed by atoms with Gasteiger partial charge in [0.15, 0.2) is 11.6 Å². The molecule has 29 heavy (non-hydrogen) atoms. The summed E-state index contributed by atoms with van der Waals surface area (Å²) in [5.41, 5.74) is 4.52. The molecule has 0 saturated heterocycles. The maximum Gasteiger partial charge on any atom is 0.514 e. The Bertz CT molecular complexity index is 903. The third-order valence-corrected chi connectivity index (χ3v) is 5.31. The Morgan fingerprint density at radius 3 is 2.38 bits per heavy atom. The van der Waals surface area contributed by atoms with E-state index in [9.17, 15) is 9.18 Å². The van der Waals surface area contributed by atoms with Crippen molar-refractivity contribution in [2.75, 3.05) is 0 Å². The van der Waals surface area contributed by atoms with Crippen LogP contribution in [0.25, 0.3) is 0 Å². The van der Waals surface area contributed by atoms with E-state index in [1.54, 1.807) is 32.9 Å². The van der Waals surface area contributed by atoms with Crippen molar-refractivity contribution in [3.63, 3.8) is 0 Å². The standard InChI is InChI=1S/C25H31FO3/c1-24(2,3)20-11-9-17-13-16(7-8-18(17)14-20)19-10-12-21(26)22(15-19)28-23(27)29-25(4,5)6/h9-12,14-16H,7-8,13H2,1-6H3/t16-/m1/s1. The molecule has 4 heteroatoms. The number of halogens is 1. The van der Waals surface area contributed by atoms with Crippen molar-refractivity contribution in [3.05, 3.63) is 64.5 Å². The van der Waals surface area contributed by atoms with Gasteiger partial charge in [-0.2, -0.15) is 0 Å². The van der Waals surface area contributed by atoms with Crippen LogP contribution >= 0.6 is 0 Å². The summed E-state index contributed by atoms with van der Waals surface area (Å²) in [6.45, 7) is 11.9. The first-order valence-electron chi connectivity index (χ1n) is 10.2. The van der Waals surface area contributed by atoms with Crippen LogP contribution in [0.1, 0.15) is 76.1 Å². The number of carbonyl (C=O) groups is 1. The van der Waals surface area contributed by atoms with Crippen molar-refractivity contribution in [2.45, 2.75) is 77.7 Å². The van der Waals surface area contributed by atoms with Crippen molar-refractivity contribution in [1.29, 1.82) is 0 Å². The molecule has 0 fully saturated rings. The van der Waals surface area contributed by atoms with Gasteiger partial charge < -0.3 is 9.47 Å². The van der Waals surface area contributed by atoms with Crippen LogP contribution in [0.2, 0.25) is 0 Å². The number of benzene rings is 2. The number of rotatable bonds is 2. The lowest BCUT2D eigenvalue weighted by Crippen LogP contribution is -2.26. The minimum absolute atomic E-state index is 0.0781. The lowest BCUT2D eigenvalue weighted by molar-refractivity contribution is 0.0198. The Kier molecular flexibility index (Phi) is 5.75. The van der Waals surface area contributed by atoms with Gasteiger partial charge in [0, 0.05) is 0 Å². The average Bonchev–Trinajstić information content (AvgIpc) is 2.60. The monoisotopic (exact) mass is 398 g/mol. The molecule has 0 unspecified atom stereocenters. The van der Waals surface area contributed by atoms with Gasteiger partial charge in [0.2, 0.25) is 0 Å². The van der Waals surface area contributed by atoms with E-state index in [4.69, 9.17) is 9.47 Å². The van der Waals surface area contributed by atoms with Crippen LogP contribution in [0.15, 0.2) is 36.4 Å². The highest BCUT2D eigenvalue weighted by Crippen LogP contribution is 2.36. The first-order chi connectivity index (χ1) is 13.4. The van der Waals surface area contributed by atoms with Gasteiger partial charge in [-0.3, -0.25) is 0 Å². The molecule has 1 aliphatic rings. The summed E-state index contributed by atoms with van der Waals surface area (Å²) in [6, 6.07) is 11.6. The van der Waals surface area contributed by atoms with E-state index in [0.717, 1.165) is 24.8 Å². The maximum absolute atomic E-state index is 14.2. The van der Waals surface area contributed by atoms with Crippen LogP contribution in [0.5, 0.6) is 5.75 Å². The third kappa shape index (κ3) is 5.37. The van der Waals surface area contributed by atoms with Crippen molar-refractivity contribution in [3.8, 4) is 5.75 Å². The van der Waals surface area contributed by atoms with Crippen molar-refractivity contribution < 1.29 is 18.7 Å². The smallest absolute Gasteiger partial charge is 0.428 e. The van der Waals surface area contributed by atoms with E-state index >= 15 is 0 Å². The van der Waals surface area contributed by atoms with Crippen LogP contribution in [0, 0.1) is 5.82 Å². The van der Waals surface area contributed by atoms with E-state index < -0.39 is 17.6 Å². The second kappa shape index (κ2) is 7.81. The van der Waals surface area contributed by atoms with Crippen molar-refractivity contribution >= 4 is 6.16 Å². The van der Waals surface area contributed by atoms with Gasteiger partial charge in [-0.1, -0.05) is 45.0 Å². The molecule has 3 nitrogen and oxygen atoms in total. The molecule has 0 aliphatic heterocycles. The molecule has 0 saturated carbocycles. The fourth-order valence-electron chi connectivity index (χ4n) is 3.72. The Labute approximate surface area is 173 Å². The molecule has 3 rings (SSSR count). The summed E-state index contributed by atoms with van der Waals surface area (Å²) in [6.07, 6.45) is 1.98. The first kappa shape index (κ1) is 21.4. The molecule has 2 aromatic rings. The Morgan fingerprint density at radius 2 is 1.72 bits per heavy atom. The molecule has 156 valence electrons. The molecule has 2 aromatic carbocycles. The highest BCUT2D eigenvalue weighted by atomic mass is 19.1. The van der Waals surface area contributed by atoms with Crippen LogP contribution in [0.4, 0.5) is 9.18 Å². The molecular formula is C25H31FO3. The van der Waals surface area contributed by atoms with Gasteiger partial charge in [-0.25, -0.2) is 9.18 Å². The molecular weight excluding hydrogens is 367 g/mol. The molecule has 0 aromatic heterocycles. The lowest BCUT2D eigenvalue weighted by Gasteiger charge is -2.28. The lowest BCUT2D eigenvalue weighted by atomic mass is 9.77. The summed E-state index contributed by atoms with van der Waals surface area (Å²) in [7, 11) is 0. The van der Waals surface area contributed by atoms with E-state index in [1.165, 1.54) is 22.8 Å². The van der Waals surface area contributed by atoms with Gasteiger partial charge in [0.1, 0.15) is 5.60 Å². The molecule has 1 aliphatic carbocycles. The molecule has 0 N–H and O–H groups in total.